The highest BCUT2D eigenvalue weighted by atomic mass is 16.5. The molecule has 0 atom stereocenters. The Kier molecular flexibility index (Phi) is 13.3. The average Bonchev–Trinajstić information content (AvgIpc) is 2.53. The van der Waals surface area contributed by atoms with Gasteiger partial charge in [0.1, 0.15) is 0 Å². The molecule has 1 N–H and O–H groups in total. The third-order valence-corrected chi connectivity index (χ3v) is 4.40. The van der Waals surface area contributed by atoms with E-state index in [9.17, 15) is 0 Å². The van der Waals surface area contributed by atoms with Crippen molar-refractivity contribution in [3.8, 4) is 0 Å². The molecule has 0 aromatic carbocycles. The van der Waals surface area contributed by atoms with Crippen molar-refractivity contribution in [1.82, 2.24) is 10.2 Å². The lowest BCUT2D eigenvalue weighted by Gasteiger charge is -2.26. The first-order valence-electron chi connectivity index (χ1n) is 9.44. The molecule has 3 heteroatoms. The Labute approximate surface area is 132 Å². The number of rotatable bonds is 14. The smallest absolute Gasteiger partial charge is 0.0593 e. The first kappa shape index (κ1) is 18.9. The number of hydrogen-bond acceptors (Lipinski definition) is 3. The molecule has 1 fully saturated rings. The molecular formula is C18H38N2O. The van der Waals surface area contributed by atoms with Crippen LogP contribution in [0.1, 0.15) is 71.1 Å². The second kappa shape index (κ2) is 14.8. The van der Waals surface area contributed by atoms with Crippen molar-refractivity contribution in [2.24, 2.45) is 0 Å². The first-order valence-corrected chi connectivity index (χ1v) is 9.44. The summed E-state index contributed by atoms with van der Waals surface area (Å²) >= 11 is 0. The van der Waals surface area contributed by atoms with Gasteiger partial charge in [0, 0.05) is 39.3 Å². The summed E-state index contributed by atoms with van der Waals surface area (Å²) in [6.07, 6.45) is 14.0. The van der Waals surface area contributed by atoms with E-state index in [0.717, 1.165) is 32.8 Å². The molecule has 1 aliphatic heterocycles. The van der Waals surface area contributed by atoms with Crippen molar-refractivity contribution >= 4 is 0 Å². The van der Waals surface area contributed by atoms with Gasteiger partial charge in [0.2, 0.25) is 0 Å². The van der Waals surface area contributed by atoms with Crippen LogP contribution in [0.4, 0.5) is 0 Å². The van der Waals surface area contributed by atoms with E-state index >= 15 is 0 Å². The van der Waals surface area contributed by atoms with E-state index in [0.29, 0.717) is 0 Å². The van der Waals surface area contributed by atoms with E-state index in [1.165, 1.54) is 77.3 Å². The Hall–Kier alpha value is -0.120. The number of nitrogens with one attached hydrogen (secondary N) is 1. The third-order valence-electron chi connectivity index (χ3n) is 4.40. The summed E-state index contributed by atoms with van der Waals surface area (Å²) in [6.45, 7) is 9.91. The topological polar surface area (TPSA) is 24.5 Å². The van der Waals surface area contributed by atoms with Crippen LogP contribution in [-0.2, 0) is 4.74 Å². The quantitative estimate of drug-likeness (QED) is 0.493. The lowest BCUT2D eigenvalue weighted by atomic mass is 10.1. The average molecular weight is 299 g/mol. The zero-order valence-corrected chi connectivity index (χ0v) is 14.4. The van der Waals surface area contributed by atoms with Crippen LogP contribution in [0.3, 0.4) is 0 Å². The van der Waals surface area contributed by atoms with Crippen molar-refractivity contribution in [2.75, 3.05) is 45.9 Å². The van der Waals surface area contributed by atoms with Gasteiger partial charge >= 0.3 is 0 Å². The summed E-state index contributed by atoms with van der Waals surface area (Å²) in [4.78, 5) is 2.50. The minimum absolute atomic E-state index is 0.914. The monoisotopic (exact) mass is 298 g/mol. The number of piperazine rings is 1. The Balaban J connectivity index is 1.69. The van der Waals surface area contributed by atoms with Gasteiger partial charge in [0.25, 0.3) is 0 Å². The van der Waals surface area contributed by atoms with Gasteiger partial charge in [-0.15, -0.1) is 0 Å². The molecule has 0 unspecified atom stereocenters. The van der Waals surface area contributed by atoms with Crippen LogP contribution in [-0.4, -0.2) is 50.8 Å². The van der Waals surface area contributed by atoms with Gasteiger partial charge in [-0.25, -0.2) is 0 Å². The fourth-order valence-corrected chi connectivity index (χ4v) is 2.92. The van der Waals surface area contributed by atoms with Crippen molar-refractivity contribution in [3.63, 3.8) is 0 Å². The standard InChI is InChI=1S/C18H38N2O/c1-2-3-4-5-6-7-8-9-10-11-17-21-18-16-20-14-12-19-13-15-20/h19H,2-18H2,1H3. The van der Waals surface area contributed by atoms with Gasteiger partial charge in [-0.2, -0.15) is 0 Å². The number of hydrogen-bond donors (Lipinski definition) is 1. The van der Waals surface area contributed by atoms with Gasteiger partial charge in [0.15, 0.2) is 0 Å². The molecule has 0 saturated carbocycles. The van der Waals surface area contributed by atoms with Gasteiger partial charge in [-0.05, 0) is 6.42 Å². The minimum atomic E-state index is 0.914. The summed E-state index contributed by atoms with van der Waals surface area (Å²) in [5.74, 6) is 0. The predicted molar refractivity (Wildman–Crippen MR) is 92.0 cm³/mol. The Morgan fingerprint density at radius 3 is 1.95 bits per heavy atom. The SMILES string of the molecule is CCCCCCCCCCCCOCCN1CCNCC1. The fraction of sp³-hybridized carbons (Fsp3) is 1.00. The molecule has 0 radical (unpaired) electrons. The van der Waals surface area contributed by atoms with E-state index in [2.05, 4.69) is 17.1 Å². The molecule has 1 saturated heterocycles. The lowest BCUT2D eigenvalue weighted by molar-refractivity contribution is 0.0962. The molecule has 1 heterocycles. The molecule has 1 rings (SSSR count). The summed E-state index contributed by atoms with van der Waals surface area (Å²) in [5, 5.41) is 3.38. The number of unbranched alkanes of at least 4 members (excludes halogenated alkanes) is 9. The Bertz CT molecular complexity index is 205. The highest BCUT2D eigenvalue weighted by Crippen LogP contribution is 2.10. The highest BCUT2D eigenvalue weighted by Gasteiger charge is 2.08. The van der Waals surface area contributed by atoms with E-state index in [1.807, 2.05) is 0 Å². The van der Waals surface area contributed by atoms with Crippen LogP contribution in [0.25, 0.3) is 0 Å². The number of ether oxygens (including phenoxy) is 1. The molecule has 126 valence electrons. The Morgan fingerprint density at radius 1 is 0.762 bits per heavy atom. The van der Waals surface area contributed by atoms with Crippen LogP contribution in [0.5, 0.6) is 0 Å². The molecule has 3 nitrogen and oxygen atoms in total. The first-order chi connectivity index (χ1) is 10.4. The lowest BCUT2D eigenvalue weighted by Crippen LogP contribution is -2.44. The van der Waals surface area contributed by atoms with Crippen molar-refractivity contribution in [3.05, 3.63) is 0 Å². The maximum absolute atomic E-state index is 5.75. The van der Waals surface area contributed by atoms with E-state index in [1.54, 1.807) is 0 Å². The zero-order valence-electron chi connectivity index (χ0n) is 14.4. The second-order valence-electron chi connectivity index (χ2n) is 6.39. The normalized spacial score (nSPS) is 16.4. The Morgan fingerprint density at radius 2 is 1.33 bits per heavy atom. The molecule has 0 spiro atoms. The van der Waals surface area contributed by atoms with Gasteiger partial charge in [-0.3, -0.25) is 4.90 Å². The molecule has 0 aromatic heterocycles. The molecule has 0 aliphatic carbocycles. The molecule has 0 amide bonds. The van der Waals surface area contributed by atoms with E-state index in [-0.39, 0.29) is 0 Å². The van der Waals surface area contributed by atoms with Crippen LogP contribution in [0.15, 0.2) is 0 Å². The summed E-state index contributed by atoms with van der Waals surface area (Å²) in [5.41, 5.74) is 0. The summed E-state index contributed by atoms with van der Waals surface area (Å²) in [6, 6.07) is 0. The highest BCUT2D eigenvalue weighted by molar-refractivity contribution is 4.66. The molecule has 21 heavy (non-hydrogen) atoms. The largest absolute Gasteiger partial charge is 0.380 e. The van der Waals surface area contributed by atoms with Crippen molar-refractivity contribution in [1.29, 1.82) is 0 Å². The summed E-state index contributed by atoms with van der Waals surface area (Å²) in [7, 11) is 0. The van der Waals surface area contributed by atoms with Crippen molar-refractivity contribution < 1.29 is 4.74 Å². The third kappa shape index (κ3) is 12.1. The fourth-order valence-electron chi connectivity index (χ4n) is 2.92. The van der Waals surface area contributed by atoms with Crippen LogP contribution in [0, 0.1) is 0 Å². The molecular weight excluding hydrogens is 260 g/mol. The van der Waals surface area contributed by atoms with Gasteiger partial charge in [0.05, 0.1) is 6.61 Å². The predicted octanol–water partition coefficient (Wildman–Crippen LogP) is 3.83. The summed E-state index contributed by atoms with van der Waals surface area (Å²) < 4.78 is 5.75. The van der Waals surface area contributed by atoms with E-state index < -0.39 is 0 Å². The van der Waals surface area contributed by atoms with Gasteiger partial charge in [-0.1, -0.05) is 64.7 Å². The van der Waals surface area contributed by atoms with E-state index in [4.69, 9.17) is 4.74 Å². The van der Waals surface area contributed by atoms with Crippen LogP contribution >= 0.6 is 0 Å². The van der Waals surface area contributed by atoms with Gasteiger partial charge < -0.3 is 10.1 Å². The van der Waals surface area contributed by atoms with Crippen molar-refractivity contribution in [2.45, 2.75) is 71.1 Å². The van der Waals surface area contributed by atoms with Crippen LogP contribution < -0.4 is 5.32 Å². The van der Waals surface area contributed by atoms with Crippen LogP contribution in [0.2, 0.25) is 0 Å². The molecule has 0 aromatic rings. The zero-order chi connectivity index (χ0) is 15.0. The number of nitrogens with zero attached hydrogens (tertiary/aromatic N) is 1. The molecule has 0 bridgehead atoms. The second-order valence-corrected chi connectivity index (χ2v) is 6.39. The minimum Gasteiger partial charge on any atom is -0.380 e. The maximum atomic E-state index is 5.75. The maximum Gasteiger partial charge on any atom is 0.0593 e. The molecule has 1 aliphatic rings.